The van der Waals surface area contributed by atoms with Crippen molar-refractivity contribution in [1.82, 2.24) is 10.6 Å². The minimum Gasteiger partial charge on any atom is -0.479 e. The van der Waals surface area contributed by atoms with Crippen LogP contribution in [0, 0.1) is 5.92 Å². The molecule has 0 bridgehead atoms. The van der Waals surface area contributed by atoms with E-state index in [0.717, 1.165) is 19.3 Å². The Morgan fingerprint density at radius 2 is 2.05 bits per heavy atom. The Bertz CT molecular complexity index is 345. The van der Waals surface area contributed by atoms with Gasteiger partial charge in [0.2, 0.25) is 0 Å². The lowest BCUT2D eigenvalue weighted by atomic mass is 10.1. The van der Waals surface area contributed by atoms with Crippen LogP contribution in [-0.4, -0.2) is 53.6 Å². The summed E-state index contributed by atoms with van der Waals surface area (Å²) < 4.78 is 5.60. The molecule has 1 saturated heterocycles. The van der Waals surface area contributed by atoms with E-state index in [-0.39, 0.29) is 31.1 Å². The molecule has 2 fully saturated rings. The maximum atomic E-state index is 11.6. The summed E-state index contributed by atoms with van der Waals surface area (Å²) in [4.78, 5) is 22.0. The van der Waals surface area contributed by atoms with Crippen LogP contribution in [0.1, 0.15) is 25.7 Å². The van der Waals surface area contributed by atoms with Gasteiger partial charge in [-0.2, -0.15) is 0 Å². The molecule has 2 rings (SSSR count). The molecule has 0 aromatic heterocycles. The quantitative estimate of drug-likeness (QED) is 0.530. The number of carbonyl (C=O) groups excluding carboxylic acids is 1. The highest BCUT2D eigenvalue weighted by atomic mass is 16.5. The Morgan fingerprint density at radius 1 is 1.32 bits per heavy atom. The van der Waals surface area contributed by atoms with Gasteiger partial charge in [-0.05, 0) is 25.2 Å². The van der Waals surface area contributed by atoms with E-state index in [4.69, 9.17) is 14.9 Å². The van der Waals surface area contributed by atoms with E-state index in [1.54, 1.807) is 0 Å². The molecule has 7 heteroatoms. The number of carbonyl (C=O) groups is 2. The number of carboxylic acids is 1. The lowest BCUT2D eigenvalue weighted by molar-refractivity contribution is -0.146. The van der Waals surface area contributed by atoms with Gasteiger partial charge in [-0.3, -0.25) is 0 Å². The molecule has 108 valence electrons. The van der Waals surface area contributed by atoms with Crippen molar-refractivity contribution in [1.29, 1.82) is 0 Å². The third-order valence-electron chi connectivity index (χ3n) is 3.53. The van der Waals surface area contributed by atoms with Crippen LogP contribution in [0.25, 0.3) is 0 Å². The van der Waals surface area contributed by atoms with Crippen LogP contribution in [0.4, 0.5) is 4.79 Å². The SMILES string of the molecule is O=C(NCCC(O)C(=O)O)NC1CCOC1C1CC1. The third-order valence-corrected chi connectivity index (χ3v) is 3.53. The van der Waals surface area contributed by atoms with Gasteiger partial charge in [-0.25, -0.2) is 9.59 Å². The molecule has 4 N–H and O–H groups in total. The van der Waals surface area contributed by atoms with Crippen molar-refractivity contribution in [2.75, 3.05) is 13.2 Å². The predicted octanol–water partition coefficient (Wildman–Crippen LogP) is -0.311. The van der Waals surface area contributed by atoms with Crippen LogP contribution in [0.5, 0.6) is 0 Å². The maximum Gasteiger partial charge on any atom is 0.332 e. The van der Waals surface area contributed by atoms with Gasteiger partial charge in [-0.1, -0.05) is 0 Å². The number of hydrogen-bond acceptors (Lipinski definition) is 4. The smallest absolute Gasteiger partial charge is 0.332 e. The highest BCUT2D eigenvalue weighted by Crippen LogP contribution is 2.38. The van der Waals surface area contributed by atoms with Gasteiger partial charge < -0.3 is 25.6 Å². The molecular weight excluding hydrogens is 252 g/mol. The molecule has 0 radical (unpaired) electrons. The monoisotopic (exact) mass is 272 g/mol. The summed E-state index contributed by atoms with van der Waals surface area (Å²) in [7, 11) is 0. The van der Waals surface area contributed by atoms with Gasteiger partial charge in [0.25, 0.3) is 0 Å². The fourth-order valence-corrected chi connectivity index (χ4v) is 2.32. The van der Waals surface area contributed by atoms with Crippen LogP contribution < -0.4 is 10.6 Å². The Balaban J connectivity index is 1.65. The first kappa shape index (κ1) is 14.1. The van der Waals surface area contributed by atoms with E-state index >= 15 is 0 Å². The Labute approximate surface area is 111 Å². The molecule has 1 saturated carbocycles. The molecule has 1 heterocycles. The fourth-order valence-electron chi connectivity index (χ4n) is 2.32. The van der Waals surface area contributed by atoms with Gasteiger partial charge in [0, 0.05) is 19.6 Å². The molecule has 3 unspecified atom stereocenters. The first-order valence-electron chi connectivity index (χ1n) is 6.64. The zero-order valence-corrected chi connectivity index (χ0v) is 10.7. The lowest BCUT2D eigenvalue weighted by Crippen LogP contribution is -2.47. The van der Waals surface area contributed by atoms with E-state index in [1.165, 1.54) is 0 Å². The molecule has 1 aliphatic heterocycles. The molecule has 3 atom stereocenters. The zero-order valence-electron chi connectivity index (χ0n) is 10.7. The van der Waals surface area contributed by atoms with Crippen molar-refractivity contribution < 1.29 is 24.5 Å². The van der Waals surface area contributed by atoms with Crippen LogP contribution in [-0.2, 0) is 9.53 Å². The van der Waals surface area contributed by atoms with E-state index < -0.39 is 12.1 Å². The summed E-state index contributed by atoms with van der Waals surface area (Å²) in [5, 5.41) is 22.9. The second kappa shape index (κ2) is 6.21. The second-order valence-corrected chi connectivity index (χ2v) is 5.11. The number of ether oxygens (including phenoxy) is 1. The van der Waals surface area contributed by atoms with Crippen molar-refractivity contribution in [3.8, 4) is 0 Å². The molecule has 0 spiro atoms. The van der Waals surface area contributed by atoms with Crippen molar-refractivity contribution in [3.63, 3.8) is 0 Å². The lowest BCUT2D eigenvalue weighted by Gasteiger charge is -2.19. The van der Waals surface area contributed by atoms with Crippen LogP contribution in [0.15, 0.2) is 0 Å². The van der Waals surface area contributed by atoms with E-state index in [1.807, 2.05) is 0 Å². The highest BCUT2D eigenvalue weighted by molar-refractivity contribution is 5.75. The van der Waals surface area contributed by atoms with E-state index in [9.17, 15) is 9.59 Å². The number of aliphatic hydroxyl groups is 1. The van der Waals surface area contributed by atoms with Crippen molar-refractivity contribution in [3.05, 3.63) is 0 Å². The molecule has 7 nitrogen and oxygen atoms in total. The predicted molar refractivity (Wildman–Crippen MR) is 65.7 cm³/mol. The average Bonchev–Trinajstić information content (AvgIpc) is 3.10. The zero-order chi connectivity index (χ0) is 13.8. The Morgan fingerprint density at radius 3 is 2.68 bits per heavy atom. The maximum absolute atomic E-state index is 11.6. The minimum atomic E-state index is -1.44. The fraction of sp³-hybridized carbons (Fsp3) is 0.833. The average molecular weight is 272 g/mol. The normalized spacial score (nSPS) is 27.8. The summed E-state index contributed by atoms with van der Waals surface area (Å²) >= 11 is 0. The summed E-state index contributed by atoms with van der Waals surface area (Å²) in [5.41, 5.74) is 0. The van der Waals surface area contributed by atoms with Crippen molar-refractivity contribution in [2.24, 2.45) is 5.92 Å². The van der Waals surface area contributed by atoms with Gasteiger partial charge in [0.15, 0.2) is 6.10 Å². The number of carboxylic acid groups (broad SMARTS) is 1. The molecule has 0 aromatic rings. The summed E-state index contributed by atoms with van der Waals surface area (Å²) in [6.45, 7) is 0.796. The number of aliphatic carboxylic acids is 1. The Hall–Kier alpha value is -1.34. The minimum absolute atomic E-state index is 0.00399. The number of hydrogen-bond donors (Lipinski definition) is 4. The highest BCUT2D eigenvalue weighted by Gasteiger charge is 2.41. The third kappa shape index (κ3) is 4.07. The van der Waals surface area contributed by atoms with Crippen LogP contribution in [0.3, 0.4) is 0 Å². The van der Waals surface area contributed by atoms with Gasteiger partial charge in [0.05, 0.1) is 12.1 Å². The summed E-state index contributed by atoms with van der Waals surface area (Å²) in [6.07, 6.45) is 1.82. The molecule has 19 heavy (non-hydrogen) atoms. The molecule has 1 aliphatic carbocycles. The standard InChI is InChI=1S/C12H20N2O5/c15-9(11(16)17)3-5-13-12(18)14-8-4-6-19-10(8)7-1-2-7/h7-10,15H,1-6H2,(H,16,17)(H2,13,14,18). The number of aliphatic hydroxyl groups excluding tert-OH is 1. The van der Waals surface area contributed by atoms with E-state index in [0.29, 0.717) is 12.5 Å². The molecule has 2 aliphatic rings. The summed E-state index contributed by atoms with van der Waals surface area (Å²) in [5.74, 6) is -0.707. The number of urea groups is 1. The van der Waals surface area contributed by atoms with Gasteiger partial charge in [0.1, 0.15) is 0 Å². The van der Waals surface area contributed by atoms with Crippen LogP contribution in [0.2, 0.25) is 0 Å². The molecule has 2 amide bonds. The number of rotatable bonds is 6. The largest absolute Gasteiger partial charge is 0.479 e. The number of amides is 2. The van der Waals surface area contributed by atoms with Crippen molar-refractivity contribution in [2.45, 2.75) is 43.9 Å². The second-order valence-electron chi connectivity index (χ2n) is 5.11. The Kier molecular flexibility index (Phi) is 4.60. The van der Waals surface area contributed by atoms with Crippen LogP contribution >= 0.6 is 0 Å². The van der Waals surface area contributed by atoms with E-state index in [2.05, 4.69) is 10.6 Å². The van der Waals surface area contributed by atoms with Crippen molar-refractivity contribution >= 4 is 12.0 Å². The molecular formula is C12H20N2O5. The molecule has 0 aromatic carbocycles. The summed E-state index contributed by atoms with van der Waals surface area (Å²) in [6, 6.07) is -0.296. The first-order valence-corrected chi connectivity index (χ1v) is 6.64. The van der Waals surface area contributed by atoms with Gasteiger partial charge >= 0.3 is 12.0 Å². The number of nitrogens with one attached hydrogen (secondary N) is 2. The first-order chi connectivity index (χ1) is 9.08. The topological polar surface area (TPSA) is 108 Å². The van der Waals surface area contributed by atoms with Gasteiger partial charge in [-0.15, -0.1) is 0 Å².